The van der Waals surface area contributed by atoms with Gasteiger partial charge in [-0.15, -0.1) is 13.2 Å². The van der Waals surface area contributed by atoms with Crippen LogP contribution in [0.5, 0.6) is 5.75 Å². The number of aliphatic hydroxyl groups is 1. The number of imidazole rings is 1. The van der Waals surface area contributed by atoms with Crippen LogP contribution in [0.25, 0.3) is 11.3 Å². The Morgan fingerprint density at radius 1 is 1.20 bits per heavy atom. The first-order valence-corrected chi connectivity index (χ1v) is 8.79. The molecule has 3 aliphatic rings. The van der Waals surface area contributed by atoms with Gasteiger partial charge >= 0.3 is 12.5 Å². The smallest absolute Gasteiger partial charge is 0.402 e. The maximum absolute atomic E-state index is 14.0. The second kappa shape index (κ2) is 6.46. The zero-order valence-electron chi connectivity index (χ0n) is 15.0. The highest BCUT2D eigenvalue weighted by Gasteiger charge is 2.59. The van der Waals surface area contributed by atoms with E-state index in [1.807, 2.05) is 0 Å². The summed E-state index contributed by atoms with van der Waals surface area (Å²) in [5.41, 5.74) is 4.10. The van der Waals surface area contributed by atoms with Crippen LogP contribution in [-0.4, -0.2) is 38.4 Å². The number of hydrogen-bond acceptors (Lipinski definition) is 5. The molecule has 3 aliphatic carbocycles. The summed E-state index contributed by atoms with van der Waals surface area (Å²) in [6, 6.07) is 0.833. The van der Waals surface area contributed by atoms with Crippen molar-refractivity contribution in [3.05, 3.63) is 24.3 Å². The largest absolute Gasteiger partial charge is 0.573 e. The van der Waals surface area contributed by atoms with Gasteiger partial charge in [-0.05, 0) is 24.8 Å². The highest BCUT2D eigenvalue weighted by Crippen LogP contribution is 2.59. The summed E-state index contributed by atoms with van der Waals surface area (Å²) in [4.78, 5) is 7.37. The average Bonchev–Trinajstić information content (AvgIpc) is 3.23. The molecule has 2 atom stereocenters. The van der Waals surface area contributed by atoms with Crippen LogP contribution in [0.4, 0.5) is 36.6 Å². The van der Waals surface area contributed by atoms with Crippen molar-refractivity contribution in [3.8, 4) is 17.0 Å². The molecule has 0 spiro atoms. The van der Waals surface area contributed by atoms with E-state index in [1.165, 1.54) is 0 Å². The molecule has 0 aromatic carbocycles. The summed E-state index contributed by atoms with van der Waals surface area (Å²) in [5.74, 6) is -2.47. The first-order chi connectivity index (χ1) is 13.8. The van der Waals surface area contributed by atoms with Crippen molar-refractivity contribution in [1.82, 2.24) is 14.5 Å². The molecule has 0 aliphatic heterocycles. The molecule has 3 saturated carbocycles. The van der Waals surface area contributed by atoms with Gasteiger partial charge in [0.2, 0.25) is 6.10 Å². The van der Waals surface area contributed by atoms with Crippen LogP contribution in [-0.2, 0) is 5.54 Å². The lowest BCUT2D eigenvalue weighted by molar-refractivity contribution is -0.274. The number of nitrogens with zero attached hydrogens (tertiary/aromatic N) is 3. The number of anilines is 1. The number of aromatic nitrogens is 3. The van der Waals surface area contributed by atoms with Crippen molar-refractivity contribution >= 4 is 5.82 Å². The fourth-order valence-corrected chi connectivity index (χ4v) is 4.22. The predicted molar refractivity (Wildman–Crippen MR) is 87.8 cm³/mol. The molecule has 13 heteroatoms. The van der Waals surface area contributed by atoms with Gasteiger partial charge in [-0.2, -0.15) is 13.2 Å². The summed E-state index contributed by atoms with van der Waals surface area (Å²) < 4.78 is 96.0. The Labute approximate surface area is 164 Å². The zero-order chi connectivity index (χ0) is 22.1. The topological polar surface area (TPSA) is 86.2 Å². The molecule has 3 N–H and O–H groups in total. The molecule has 30 heavy (non-hydrogen) atoms. The van der Waals surface area contributed by atoms with E-state index in [0.717, 1.165) is 23.0 Å². The molecule has 2 bridgehead atoms. The summed E-state index contributed by atoms with van der Waals surface area (Å²) in [7, 11) is 0. The standard InChI is InChI=1S/C17H15F7N4O2/c18-9-4-15(2-8(9)3-15)28-6-10(27-14(28)12(29)16(19,20)21)7-1-11(13(25)26-5-7)30-17(22,23)24/h1,5-6,8-9,12,29H,2-4H2,(H2,25,26)/t8?,9?,12-,15?/m0/s1. The van der Waals surface area contributed by atoms with Gasteiger partial charge in [-0.3, -0.25) is 0 Å². The molecule has 0 saturated heterocycles. The lowest BCUT2D eigenvalue weighted by Gasteiger charge is -2.40. The zero-order valence-corrected chi connectivity index (χ0v) is 15.0. The third kappa shape index (κ3) is 3.44. The van der Waals surface area contributed by atoms with E-state index in [1.54, 1.807) is 0 Å². The van der Waals surface area contributed by atoms with Crippen LogP contribution >= 0.6 is 0 Å². The maximum Gasteiger partial charge on any atom is 0.573 e. The molecule has 2 aromatic rings. The van der Waals surface area contributed by atoms with E-state index in [0.29, 0.717) is 0 Å². The Hall–Kier alpha value is -2.57. The number of fused-ring (bicyclic) bond motifs is 1. The third-order valence-electron chi connectivity index (χ3n) is 5.57. The van der Waals surface area contributed by atoms with Crippen LogP contribution in [0, 0.1) is 5.92 Å². The van der Waals surface area contributed by atoms with Gasteiger partial charge in [0.1, 0.15) is 12.0 Å². The van der Waals surface area contributed by atoms with E-state index in [-0.39, 0.29) is 36.4 Å². The monoisotopic (exact) mass is 440 g/mol. The lowest BCUT2D eigenvalue weighted by atomic mass is 9.76. The molecule has 2 heterocycles. The Morgan fingerprint density at radius 2 is 1.87 bits per heavy atom. The molecule has 5 rings (SSSR count). The van der Waals surface area contributed by atoms with Crippen LogP contribution in [0.2, 0.25) is 0 Å². The van der Waals surface area contributed by atoms with Gasteiger partial charge in [0.15, 0.2) is 11.6 Å². The first-order valence-electron chi connectivity index (χ1n) is 8.79. The number of rotatable bonds is 4. The van der Waals surface area contributed by atoms with Gasteiger partial charge in [0, 0.05) is 29.9 Å². The Kier molecular flexibility index (Phi) is 4.46. The highest BCUT2D eigenvalue weighted by molar-refractivity contribution is 5.64. The molecule has 6 nitrogen and oxygen atoms in total. The SMILES string of the molecule is Nc1ncc(-c2cn(C34CC(F)C(C3)C4)c([C@H](O)C(F)(F)F)n2)cc1OC(F)(F)F. The Balaban J connectivity index is 1.78. The summed E-state index contributed by atoms with van der Waals surface area (Å²) >= 11 is 0. The van der Waals surface area contributed by atoms with E-state index in [4.69, 9.17) is 5.73 Å². The Morgan fingerprint density at radius 3 is 2.40 bits per heavy atom. The van der Waals surface area contributed by atoms with Crippen molar-refractivity contribution < 1.29 is 40.6 Å². The molecule has 0 amide bonds. The van der Waals surface area contributed by atoms with Crippen LogP contribution in [0.15, 0.2) is 18.5 Å². The van der Waals surface area contributed by atoms with E-state index < -0.39 is 47.7 Å². The minimum atomic E-state index is -5.06. The van der Waals surface area contributed by atoms with E-state index in [9.17, 15) is 35.8 Å². The average molecular weight is 440 g/mol. The van der Waals surface area contributed by atoms with Gasteiger partial charge in [-0.25, -0.2) is 14.4 Å². The third-order valence-corrected chi connectivity index (χ3v) is 5.57. The predicted octanol–water partition coefficient (Wildman–Crippen LogP) is 3.87. The fraction of sp³-hybridized carbons (Fsp3) is 0.529. The minimum absolute atomic E-state index is 0.0343. The van der Waals surface area contributed by atoms with Gasteiger partial charge in [0.05, 0.1) is 5.69 Å². The van der Waals surface area contributed by atoms with Gasteiger partial charge in [-0.1, -0.05) is 0 Å². The van der Waals surface area contributed by atoms with Crippen LogP contribution in [0.3, 0.4) is 0 Å². The van der Waals surface area contributed by atoms with Crippen LogP contribution < -0.4 is 10.5 Å². The number of nitrogen functional groups attached to an aromatic ring is 1. The summed E-state index contributed by atoms with van der Waals surface area (Å²) in [6.07, 6.45) is -11.5. The van der Waals surface area contributed by atoms with Crippen molar-refractivity contribution in [3.63, 3.8) is 0 Å². The number of alkyl halides is 7. The number of nitrogens with two attached hydrogens (primary N) is 1. The maximum atomic E-state index is 14.0. The summed E-state index contributed by atoms with van der Waals surface area (Å²) in [6.45, 7) is 0. The number of pyridine rings is 1. The first kappa shape index (κ1) is 20.7. The fourth-order valence-electron chi connectivity index (χ4n) is 4.22. The summed E-state index contributed by atoms with van der Waals surface area (Å²) in [5, 5.41) is 9.80. The van der Waals surface area contributed by atoms with E-state index >= 15 is 0 Å². The van der Waals surface area contributed by atoms with E-state index in [2.05, 4.69) is 14.7 Å². The molecular weight excluding hydrogens is 425 g/mol. The van der Waals surface area contributed by atoms with Crippen molar-refractivity contribution in [1.29, 1.82) is 0 Å². The van der Waals surface area contributed by atoms with Gasteiger partial charge < -0.3 is 20.1 Å². The molecule has 2 aromatic heterocycles. The minimum Gasteiger partial charge on any atom is -0.402 e. The quantitative estimate of drug-likeness (QED) is 0.706. The number of ether oxygens (including phenoxy) is 1. The normalized spacial score (nSPS) is 27.1. The molecule has 164 valence electrons. The molecule has 3 fully saturated rings. The van der Waals surface area contributed by atoms with Crippen LogP contribution in [0.1, 0.15) is 31.2 Å². The lowest BCUT2D eigenvalue weighted by Crippen LogP contribution is -2.41. The second-order valence-corrected chi connectivity index (χ2v) is 7.57. The second-order valence-electron chi connectivity index (χ2n) is 7.57. The number of hydrogen-bond donors (Lipinski definition) is 2. The number of aliphatic hydroxyl groups excluding tert-OH is 1. The highest BCUT2D eigenvalue weighted by atomic mass is 19.4. The number of halogens is 7. The van der Waals surface area contributed by atoms with Crippen molar-refractivity contribution in [2.75, 3.05) is 5.73 Å². The molecule has 0 radical (unpaired) electrons. The molecule has 1 unspecified atom stereocenters. The van der Waals surface area contributed by atoms with Crippen molar-refractivity contribution in [2.45, 2.75) is 49.6 Å². The Bertz CT molecular complexity index is 966. The molecular formula is C17H15F7N4O2. The van der Waals surface area contributed by atoms with Gasteiger partial charge in [0.25, 0.3) is 0 Å². The van der Waals surface area contributed by atoms with Crippen molar-refractivity contribution in [2.24, 2.45) is 5.92 Å².